The number of benzene rings is 2. The number of hydrogen-bond donors (Lipinski definition) is 1. The van der Waals surface area contributed by atoms with E-state index in [2.05, 4.69) is 53.4 Å². The zero-order valence-corrected chi connectivity index (χ0v) is 14.1. The van der Waals surface area contributed by atoms with Crippen molar-refractivity contribution in [2.75, 3.05) is 18.5 Å². The van der Waals surface area contributed by atoms with E-state index in [4.69, 9.17) is 5.41 Å². The lowest BCUT2D eigenvalue weighted by Gasteiger charge is -2.24. The number of likely N-dealkylation sites (N-methyl/N-ethyl adjacent to an activating group) is 1. The van der Waals surface area contributed by atoms with Gasteiger partial charge in [-0.25, -0.2) is 0 Å². The molecule has 1 atom stereocenters. The monoisotopic (exact) mass is 361 g/mol. The van der Waals surface area contributed by atoms with E-state index in [1.807, 2.05) is 11.9 Å². The van der Waals surface area contributed by atoms with Crippen molar-refractivity contribution in [1.82, 2.24) is 4.90 Å². The van der Waals surface area contributed by atoms with Crippen molar-refractivity contribution < 1.29 is 0 Å². The van der Waals surface area contributed by atoms with Gasteiger partial charge in [-0.3, -0.25) is 5.41 Å². The van der Waals surface area contributed by atoms with E-state index in [9.17, 15) is 0 Å². The van der Waals surface area contributed by atoms with Gasteiger partial charge in [0.1, 0.15) is 0 Å². The zero-order chi connectivity index (χ0) is 13.7. The number of rotatable bonds is 0. The van der Waals surface area contributed by atoms with Gasteiger partial charge in [0.25, 0.3) is 0 Å². The number of anilines is 1. The third-order valence-electron chi connectivity index (χ3n) is 3.97. The Balaban J connectivity index is 0.00000132. The first kappa shape index (κ1) is 14.5. The smallest absolute Gasteiger partial charge is 0.198 e. The Morgan fingerprint density at radius 3 is 2.52 bits per heavy atom. The Labute approximate surface area is 139 Å². The number of halogens is 1. The van der Waals surface area contributed by atoms with Crippen LogP contribution in [0.2, 0.25) is 0 Å². The molecule has 5 heteroatoms. The third kappa shape index (κ3) is 2.15. The van der Waals surface area contributed by atoms with Crippen molar-refractivity contribution in [3.8, 4) is 0 Å². The first-order valence-corrected chi connectivity index (χ1v) is 7.52. The molecule has 2 aliphatic rings. The van der Waals surface area contributed by atoms with Gasteiger partial charge in [0, 0.05) is 23.4 Å². The van der Waals surface area contributed by atoms with Crippen LogP contribution in [-0.2, 0) is 0 Å². The topological polar surface area (TPSA) is 30.3 Å². The lowest BCUT2D eigenvalue weighted by molar-refractivity contribution is 0.516. The summed E-state index contributed by atoms with van der Waals surface area (Å²) in [7, 11) is 2.00. The predicted octanol–water partition coefficient (Wildman–Crippen LogP) is 4.16. The van der Waals surface area contributed by atoms with Gasteiger partial charge in [-0.15, -0.1) is 17.0 Å². The van der Waals surface area contributed by atoms with Gasteiger partial charge in [0.05, 0.1) is 11.7 Å². The van der Waals surface area contributed by atoms with Crippen LogP contribution in [0.4, 0.5) is 5.69 Å². The van der Waals surface area contributed by atoms with E-state index >= 15 is 0 Å². The van der Waals surface area contributed by atoms with Crippen LogP contribution in [0.1, 0.15) is 11.6 Å². The van der Waals surface area contributed by atoms with Crippen molar-refractivity contribution >= 4 is 40.4 Å². The van der Waals surface area contributed by atoms with Crippen molar-refractivity contribution in [3.05, 3.63) is 54.1 Å². The number of hydrogen-bond acceptors (Lipinski definition) is 2. The Bertz CT molecular complexity index is 703. The average Bonchev–Trinajstić information content (AvgIpc) is 2.68. The third-order valence-corrected chi connectivity index (χ3v) is 5.13. The highest BCUT2D eigenvalue weighted by Crippen LogP contribution is 2.47. The highest BCUT2D eigenvalue weighted by molar-refractivity contribution is 8.93. The number of guanidine groups is 1. The summed E-state index contributed by atoms with van der Waals surface area (Å²) in [5.74, 6) is 0.583. The van der Waals surface area contributed by atoms with Gasteiger partial charge in [0.2, 0.25) is 0 Å². The fourth-order valence-electron chi connectivity index (χ4n) is 2.99. The number of para-hydroxylation sites is 1. The zero-order valence-electron chi connectivity index (χ0n) is 11.6. The maximum absolute atomic E-state index is 8.39. The standard InChI is InChI=1S/C16H15N3S.BrH/c1-18-10-13-11-6-2-4-8-14(11)20-15-9-5-3-7-12(15)19(13)16(18)17;/h2-9,13,17H,10H2,1H3;1H. The van der Waals surface area contributed by atoms with Gasteiger partial charge in [-0.05, 0) is 23.8 Å². The molecule has 21 heavy (non-hydrogen) atoms. The Hall–Kier alpha value is -1.46. The highest BCUT2D eigenvalue weighted by Gasteiger charge is 2.38. The van der Waals surface area contributed by atoms with Crippen molar-refractivity contribution in [1.29, 1.82) is 5.41 Å². The number of nitrogens with one attached hydrogen (secondary N) is 1. The predicted molar refractivity (Wildman–Crippen MR) is 92.9 cm³/mol. The van der Waals surface area contributed by atoms with Crippen LogP contribution in [0.5, 0.6) is 0 Å². The molecule has 0 bridgehead atoms. The van der Waals surface area contributed by atoms with Gasteiger partial charge in [-0.1, -0.05) is 42.1 Å². The molecule has 0 amide bonds. The molecule has 3 nitrogen and oxygen atoms in total. The molecule has 1 saturated heterocycles. The molecule has 2 aliphatic heterocycles. The minimum absolute atomic E-state index is 0. The summed E-state index contributed by atoms with van der Waals surface area (Å²) in [5.41, 5.74) is 2.47. The van der Waals surface area contributed by atoms with Gasteiger partial charge < -0.3 is 9.80 Å². The van der Waals surface area contributed by atoms with Crippen LogP contribution in [0, 0.1) is 5.41 Å². The number of nitrogens with zero attached hydrogens (tertiary/aromatic N) is 2. The van der Waals surface area contributed by atoms with Crippen LogP contribution >= 0.6 is 28.7 Å². The van der Waals surface area contributed by atoms with E-state index in [0.29, 0.717) is 5.96 Å². The minimum atomic E-state index is 0. The van der Waals surface area contributed by atoms with Crippen LogP contribution in [0.15, 0.2) is 58.3 Å². The summed E-state index contributed by atoms with van der Waals surface area (Å²) in [4.78, 5) is 6.71. The fraction of sp³-hybridized carbons (Fsp3) is 0.188. The Kier molecular flexibility index (Phi) is 3.71. The Morgan fingerprint density at radius 1 is 1.05 bits per heavy atom. The van der Waals surface area contributed by atoms with Crippen LogP contribution in [0.3, 0.4) is 0 Å². The molecule has 0 aliphatic carbocycles. The summed E-state index contributed by atoms with van der Waals surface area (Å²) in [6, 6.07) is 17.2. The fourth-order valence-corrected chi connectivity index (χ4v) is 4.11. The van der Waals surface area contributed by atoms with Crippen molar-refractivity contribution in [2.24, 2.45) is 0 Å². The summed E-state index contributed by atoms with van der Waals surface area (Å²) in [5, 5.41) is 8.39. The van der Waals surface area contributed by atoms with Gasteiger partial charge >= 0.3 is 0 Å². The molecular formula is C16H16BrN3S. The van der Waals surface area contributed by atoms with Crippen LogP contribution < -0.4 is 4.90 Å². The molecule has 2 aromatic rings. The molecule has 0 radical (unpaired) electrons. The molecular weight excluding hydrogens is 346 g/mol. The van der Waals surface area contributed by atoms with Crippen molar-refractivity contribution in [2.45, 2.75) is 15.8 Å². The second kappa shape index (κ2) is 5.39. The normalized spacial score (nSPS) is 19.3. The average molecular weight is 362 g/mol. The summed E-state index contributed by atoms with van der Waals surface area (Å²) in [6.07, 6.45) is 0. The van der Waals surface area contributed by atoms with E-state index < -0.39 is 0 Å². The van der Waals surface area contributed by atoms with E-state index in [1.54, 1.807) is 11.8 Å². The molecule has 1 fully saturated rings. The van der Waals surface area contributed by atoms with E-state index in [1.165, 1.54) is 15.4 Å². The second-order valence-corrected chi connectivity index (χ2v) is 6.28. The van der Waals surface area contributed by atoms with Gasteiger partial charge in [-0.2, -0.15) is 0 Å². The van der Waals surface area contributed by atoms with Crippen LogP contribution in [-0.4, -0.2) is 24.5 Å². The molecule has 2 aromatic carbocycles. The molecule has 0 spiro atoms. The summed E-state index contributed by atoms with van der Waals surface area (Å²) < 4.78 is 0. The first-order valence-electron chi connectivity index (χ1n) is 6.70. The molecule has 1 unspecified atom stereocenters. The molecule has 2 heterocycles. The molecule has 0 saturated carbocycles. The molecule has 1 N–H and O–H groups in total. The first-order chi connectivity index (χ1) is 9.75. The van der Waals surface area contributed by atoms with Gasteiger partial charge in [0.15, 0.2) is 5.96 Å². The maximum Gasteiger partial charge on any atom is 0.198 e. The summed E-state index contributed by atoms with van der Waals surface area (Å²) >= 11 is 1.81. The number of fused-ring (bicyclic) bond motifs is 5. The quantitative estimate of drug-likeness (QED) is 0.764. The van der Waals surface area contributed by atoms with Crippen molar-refractivity contribution in [3.63, 3.8) is 0 Å². The van der Waals surface area contributed by atoms with Crippen LogP contribution in [0.25, 0.3) is 0 Å². The minimum Gasteiger partial charge on any atom is -0.343 e. The van der Waals surface area contributed by atoms with E-state index in [0.717, 1.165) is 12.2 Å². The lowest BCUT2D eigenvalue weighted by Crippen LogP contribution is -2.31. The summed E-state index contributed by atoms with van der Waals surface area (Å²) in [6.45, 7) is 0.866. The Morgan fingerprint density at radius 2 is 1.71 bits per heavy atom. The lowest BCUT2D eigenvalue weighted by atomic mass is 10.1. The molecule has 4 rings (SSSR count). The molecule has 108 valence electrons. The second-order valence-electron chi connectivity index (χ2n) is 5.20. The molecule has 0 aromatic heterocycles. The maximum atomic E-state index is 8.39. The SMILES string of the molecule is Br.CN1CC2c3ccccc3Sc3ccccc3N2C1=N. The largest absolute Gasteiger partial charge is 0.343 e. The highest BCUT2D eigenvalue weighted by atomic mass is 79.9. The van der Waals surface area contributed by atoms with E-state index in [-0.39, 0.29) is 23.0 Å².